The average Bonchev–Trinajstić information content (AvgIpc) is 3.55. The van der Waals surface area contributed by atoms with E-state index in [1.54, 1.807) is 40.9 Å². The van der Waals surface area contributed by atoms with Gasteiger partial charge in [0.15, 0.2) is 11.5 Å². The van der Waals surface area contributed by atoms with Gasteiger partial charge in [0.25, 0.3) is 5.91 Å². The number of carbonyl (C=O) groups excluding carboxylic acids is 1. The fourth-order valence-corrected chi connectivity index (χ4v) is 4.94. The van der Waals surface area contributed by atoms with Gasteiger partial charge in [-0.3, -0.25) is 9.48 Å². The molecule has 11 heteroatoms. The molecule has 0 unspecified atom stereocenters. The normalized spacial score (nSPS) is 14.5. The van der Waals surface area contributed by atoms with Crippen LogP contribution in [0.1, 0.15) is 34.7 Å². The van der Waals surface area contributed by atoms with Crippen molar-refractivity contribution in [3.8, 4) is 17.1 Å². The molecule has 1 saturated heterocycles. The number of hydrogen-bond acceptors (Lipinski definition) is 8. The van der Waals surface area contributed by atoms with E-state index in [4.69, 9.17) is 0 Å². The van der Waals surface area contributed by atoms with Gasteiger partial charge in [0.2, 0.25) is 0 Å². The molecule has 39 heavy (non-hydrogen) atoms. The molecule has 3 N–H and O–H groups in total. The Morgan fingerprint density at radius 2 is 1.90 bits per heavy atom. The lowest BCUT2D eigenvalue weighted by molar-refractivity contribution is 0.102. The van der Waals surface area contributed by atoms with Gasteiger partial charge in [-0.05, 0) is 74.8 Å². The lowest BCUT2D eigenvalue weighted by Crippen LogP contribution is -2.29. The number of anilines is 3. The molecule has 1 fully saturated rings. The van der Waals surface area contributed by atoms with Crippen LogP contribution < -0.4 is 10.6 Å². The van der Waals surface area contributed by atoms with Crippen molar-refractivity contribution in [3.63, 3.8) is 0 Å². The summed E-state index contributed by atoms with van der Waals surface area (Å²) in [6.07, 6.45) is 7.11. The second kappa shape index (κ2) is 10.2. The number of carbonyl (C=O) groups is 1. The topological polar surface area (TPSA) is 126 Å². The van der Waals surface area contributed by atoms with Gasteiger partial charge < -0.3 is 20.6 Å². The average molecular weight is 524 g/mol. The zero-order chi connectivity index (χ0) is 26.9. The fourth-order valence-electron chi connectivity index (χ4n) is 4.94. The third kappa shape index (κ3) is 5.30. The number of nitrogens with one attached hydrogen (secondary N) is 2. The maximum absolute atomic E-state index is 13.2. The molecule has 0 radical (unpaired) electrons. The summed E-state index contributed by atoms with van der Waals surface area (Å²) < 4.78 is 3.12. The van der Waals surface area contributed by atoms with Crippen LogP contribution in [-0.4, -0.2) is 65.4 Å². The van der Waals surface area contributed by atoms with Crippen LogP contribution in [0.2, 0.25) is 0 Å². The maximum atomic E-state index is 13.2. The van der Waals surface area contributed by atoms with Crippen molar-refractivity contribution in [3.05, 3.63) is 78.4 Å². The van der Waals surface area contributed by atoms with Crippen molar-refractivity contribution in [2.45, 2.75) is 18.8 Å². The van der Waals surface area contributed by atoms with Crippen molar-refractivity contribution in [1.82, 2.24) is 34.3 Å². The second-order valence-corrected chi connectivity index (χ2v) is 9.93. The Labute approximate surface area is 225 Å². The van der Waals surface area contributed by atoms with E-state index in [1.807, 2.05) is 12.1 Å². The van der Waals surface area contributed by atoms with Crippen LogP contribution in [0.5, 0.6) is 5.75 Å². The molecule has 1 aliphatic heterocycles. The van der Waals surface area contributed by atoms with Gasteiger partial charge in [-0.2, -0.15) is 10.2 Å². The lowest BCUT2D eigenvalue weighted by atomic mass is 9.89. The molecule has 1 amide bonds. The Hall–Kier alpha value is -4.77. The number of phenols is 1. The summed E-state index contributed by atoms with van der Waals surface area (Å²) in [6, 6.07) is 15.0. The van der Waals surface area contributed by atoms with Gasteiger partial charge in [-0.25, -0.2) is 14.5 Å². The minimum absolute atomic E-state index is 0.0118. The van der Waals surface area contributed by atoms with E-state index >= 15 is 0 Å². The summed E-state index contributed by atoms with van der Waals surface area (Å²) in [5.74, 6) is 1.19. The van der Waals surface area contributed by atoms with Crippen molar-refractivity contribution < 1.29 is 9.90 Å². The Morgan fingerprint density at radius 1 is 1.05 bits per heavy atom. The molecule has 0 atom stereocenters. The molecule has 0 spiro atoms. The molecule has 0 bridgehead atoms. The summed E-state index contributed by atoms with van der Waals surface area (Å²) in [5.41, 5.74) is 3.98. The number of phenolic OH excluding ortho intramolecular Hbond substituents is 1. The Morgan fingerprint density at radius 3 is 2.69 bits per heavy atom. The van der Waals surface area contributed by atoms with E-state index in [1.165, 1.54) is 17.8 Å². The first kappa shape index (κ1) is 24.6. The third-order valence-corrected chi connectivity index (χ3v) is 7.00. The number of amides is 1. The zero-order valence-electron chi connectivity index (χ0n) is 21.7. The highest BCUT2D eigenvalue weighted by molar-refractivity contribution is 6.08. The van der Waals surface area contributed by atoms with Gasteiger partial charge in [-0.15, -0.1) is 0 Å². The Kier molecular flexibility index (Phi) is 6.41. The number of rotatable bonds is 6. The van der Waals surface area contributed by atoms with Crippen LogP contribution >= 0.6 is 0 Å². The SMILES string of the molecule is CN1CCC(c2cccc(Nc3ccn4ncc(C(=O)Nc5cc(O)cc(-c6ncn(C)n6)c5)c4n3)c2)CC1. The van der Waals surface area contributed by atoms with Crippen molar-refractivity contribution >= 4 is 28.7 Å². The smallest absolute Gasteiger partial charge is 0.261 e. The number of likely N-dealkylation sites (tertiary alicyclic amines) is 1. The summed E-state index contributed by atoms with van der Waals surface area (Å²) in [4.78, 5) is 24.5. The van der Waals surface area contributed by atoms with E-state index in [0.29, 0.717) is 40.0 Å². The molecule has 3 aromatic heterocycles. The van der Waals surface area contributed by atoms with Gasteiger partial charge >= 0.3 is 0 Å². The molecule has 5 aromatic rings. The molecule has 6 rings (SSSR count). The van der Waals surface area contributed by atoms with Crippen molar-refractivity contribution in [2.24, 2.45) is 7.05 Å². The van der Waals surface area contributed by atoms with E-state index in [2.05, 4.69) is 60.9 Å². The molecule has 198 valence electrons. The highest BCUT2D eigenvalue weighted by Gasteiger charge is 2.19. The van der Waals surface area contributed by atoms with E-state index in [0.717, 1.165) is 31.6 Å². The predicted octanol–water partition coefficient (Wildman–Crippen LogP) is 4.04. The number of nitrogens with zero attached hydrogens (tertiary/aromatic N) is 7. The monoisotopic (exact) mass is 523 g/mol. The molecule has 0 saturated carbocycles. The third-order valence-electron chi connectivity index (χ3n) is 7.00. The van der Waals surface area contributed by atoms with Crippen LogP contribution in [0.3, 0.4) is 0 Å². The zero-order valence-corrected chi connectivity index (χ0v) is 21.7. The number of aromatic nitrogens is 6. The first-order valence-electron chi connectivity index (χ1n) is 12.8. The second-order valence-electron chi connectivity index (χ2n) is 9.93. The van der Waals surface area contributed by atoms with E-state index in [9.17, 15) is 9.90 Å². The predicted molar refractivity (Wildman–Crippen MR) is 148 cm³/mol. The van der Waals surface area contributed by atoms with Gasteiger partial charge in [0.1, 0.15) is 23.5 Å². The standard InChI is InChI=1S/C28H29N9O2/c1-35-9-6-18(7-10-35)19-4-3-5-21(12-19)31-25-8-11-37-27(33-25)24(16-30-37)28(39)32-22-13-20(14-23(38)15-22)26-29-17-36(2)34-26/h3-5,8,11-18,38H,6-7,9-10H2,1-2H3,(H,31,33)(H,32,39). The molecular weight excluding hydrogens is 494 g/mol. The van der Waals surface area contributed by atoms with Gasteiger partial charge in [-0.1, -0.05) is 12.1 Å². The fraction of sp³-hybridized carbons (Fsp3) is 0.250. The highest BCUT2D eigenvalue weighted by Crippen LogP contribution is 2.30. The summed E-state index contributed by atoms with van der Waals surface area (Å²) in [7, 11) is 3.93. The van der Waals surface area contributed by atoms with Crippen LogP contribution in [0, 0.1) is 0 Å². The first-order valence-corrected chi connectivity index (χ1v) is 12.8. The van der Waals surface area contributed by atoms with Crippen molar-refractivity contribution in [1.29, 1.82) is 0 Å². The van der Waals surface area contributed by atoms with Crippen molar-refractivity contribution in [2.75, 3.05) is 30.8 Å². The number of aryl methyl sites for hydroxylation is 1. The summed E-state index contributed by atoms with van der Waals surface area (Å²) >= 11 is 0. The van der Waals surface area contributed by atoms with Gasteiger partial charge in [0.05, 0.1) is 6.20 Å². The lowest BCUT2D eigenvalue weighted by Gasteiger charge is -2.29. The minimum Gasteiger partial charge on any atom is -0.508 e. The van der Waals surface area contributed by atoms with Crippen LogP contribution in [0.25, 0.3) is 17.0 Å². The number of aromatic hydroxyl groups is 1. The highest BCUT2D eigenvalue weighted by atomic mass is 16.3. The molecule has 11 nitrogen and oxygen atoms in total. The molecular formula is C28H29N9O2. The molecule has 0 aliphatic carbocycles. The van der Waals surface area contributed by atoms with Gasteiger partial charge in [0, 0.05) is 36.2 Å². The number of fused-ring (bicyclic) bond motifs is 1. The number of hydrogen-bond donors (Lipinski definition) is 3. The largest absolute Gasteiger partial charge is 0.508 e. The van der Waals surface area contributed by atoms with E-state index < -0.39 is 5.91 Å². The first-order chi connectivity index (χ1) is 18.9. The van der Waals surface area contributed by atoms with E-state index in [-0.39, 0.29) is 5.75 Å². The summed E-state index contributed by atoms with van der Waals surface area (Å²) in [6.45, 7) is 2.22. The maximum Gasteiger partial charge on any atom is 0.261 e. The number of benzene rings is 2. The van der Waals surface area contributed by atoms with Crippen LogP contribution in [0.15, 0.2) is 67.3 Å². The molecule has 2 aromatic carbocycles. The Balaban J connectivity index is 1.22. The van der Waals surface area contributed by atoms with Crippen LogP contribution in [-0.2, 0) is 7.05 Å². The minimum atomic E-state index is -0.399. The quantitative estimate of drug-likeness (QED) is 0.305. The number of piperidine rings is 1. The Bertz CT molecular complexity index is 1650. The van der Waals surface area contributed by atoms with Crippen LogP contribution in [0.4, 0.5) is 17.2 Å². The molecule has 4 heterocycles. The summed E-state index contributed by atoms with van der Waals surface area (Å²) in [5, 5.41) is 25.0. The molecule has 1 aliphatic rings.